The molecule has 0 saturated carbocycles. The van der Waals surface area contributed by atoms with Gasteiger partial charge < -0.3 is 0 Å². The Hall–Kier alpha value is 0.380. The minimum atomic E-state index is 1.17. The van der Waals surface area contributed by atoms with Gasteiger partial charge in [-0.25, -0.2) is 0 Å². The highest BCUT2D eigenvalue weighted by Gasteiger charge is 2.09. The van der Waals surface area contributed by atoms with Gasteiger partial charge in [0.2, 0.25) is 0 Å². The molecule has 2 aromatic carbocycles. The van der Waals surface area contributed by atoms with Crippen LogP contribution in [0.1, 0.15) is 11.1 Å². The Morgan fingerprint density at radius 2 is 1.53 bits per heavy atom. The number of hydrogen-bond donors (Lipinski definition) is 0. The Morgan fingerprint density at radius 3 is 2.24 bits per heavy atom. The highest BCUT2D eigenvalue weighted by Crippen LogP contribution is 2.33. The molecule has 0 aliphatic rings. The van der Waals surface area contributed by atoms with Crippen LogP contribution in [0.4, 0.5) is 0 Å². The van der Waals surface area contributed by atoms with E-state index in [0.29, 0.717) is 0 Å². The number of aryl methyl sites for hydroxylation is 2. The Morgan fingerprint density at radius 1 is 0.882 bits per heavy atom. The Bertz CT molecular complexity index is 577. The fraction of sp³-hybridized carbons (Fsp3) is 0.143. The molecule has 0 bridgehead atoms. The summed E-state index contributed by atoms with van der Waals surface area (Å²) < 4.78 is 3.75. The van der Waals surface area contributed by atoms with Crippen LogP contribution in [0.15, 0.2) is 34.8 Å². The SMILES string of the molecule is Cc1ccc(I)c(-c2cc(C)c(Br)cc2I)c1. The first kappa shape index (κ1) is 13.8. The van der Waals surface area contributed by atoms with Gasteiger partial charge in [-0.2, -0.15) is 0 Å². The molecule has 2 rings (SSSR count). The Balaban J connectivity index is 2.68. The van der Waals surface area contributed by atoms with Gasteiger partial charge in [-0.1, -0.05) is 33.6 Å². The van der Waals surface area contributed by atoms with Gasteiger partial charge in [0.05, 0.1) is 0 Å². The summed E-state index contributed by atoms with van der Waals surface area (Å²) in [6, 6.07) is 11.0. The first-order chi connectivity index (χ1) is 7.99. The molecule has 3 heteroatoms. The maximum Gasteiger partial charge on any atom is 0.0220 e. The second kappa shape index (κ2) is 5.57. The molecule has 0 amide bonds. The Kier molecular flexibility index (Phi) is 4.52. The maximum absolute atomic E-state index is 3.58. The molecule has 0 radical (unpaired) electrons. The summed E-state index contributed by atoms with van der Waals surface area (Å²) >= 11 is 8.38. The predicted molar refractivity (Wildman–Crippen MR) is 94.5 cm³/mol. The standard InChI is InChI=1S/C14H11BrI2/c1-8-3-4-13(16)10(5-8)11-6-9(2)12(15)7-14(11)17/h3-7H,1-2H3. The summed E-state index contributed by atoms with van der Waals surface area (Å²) in [6.07, 6.45) is 0. The second-order valence-corrected chi connectivity index (χ2v) is 7.24. The molecule has 0 heterocycles. The lowest BCUT2D eigenvalue weighted by atomic mass is 10.0. The number of benzene rings is 2. The van der Waals surface area contributed by atoms with E-state index in [2.05, 4.69) is 105 Å². The van der Waals surface area contributed by atoms with Crippen LogP contribution in [0, 0.1) is 21.0 Å². The van der Waals surface area contributed by atoms with Crippen molar-refractivity contribution in [1.82, 2.24) is 0 Å². The molecule has 0 unspecified atom stereocenters. The zero-order valence-electron chi connectivity index (χ0n) is 9.52. The monoisotopic (exact) mass is 512 g/mol. The van der Waals surface area contributed by atoms with E-state index in [4.69, 9.17) is 0 Å². The van der Waals surface area contributed by atoms with Crippen LogP contribution < -0.4 is 0 Å². The van der Waals surface area contributed by atoms with E-state index in [9.17, 15) is 0 Å². The summed E-state index contributed by atoms with van der Waals surface area (Å²) in [5, 5.41) is 0. The van der Waals surface area contributed by atoms with Crippen LogP contribution in [0.2, 0.25) is 0 Å². The van der Waals surface area contributed by atoms with E-state index in [0.717, 1.165) is 0 Å². The van der Waals surface area contributed by atoms with Gasteiger partial charge in [0.1, 0.15) is 0 Å². The van der Waals surface area contributed by atoms with Crippen molar-refractivity contribution in [2.45, 2.75) is 13.8 Å². The van der Waals surface area contributed by atoms with Gasteiger partial charge in [0.15, 0.2) is 0 Å². The summed E-state index contributed by atoms with van der Waals surface area (Å²) in [5.74, 6) is 0. The average Bonchev–Trinajstić information content (AvgIpc) is 2.27. The van der Waals surface area contributed by atoms with Crippen molar-refractivity contribution in [2.24, 2.45) is 0 Å². The van der Waals surface area contributed by atoms with Crippen molar-refractivity contribution >= 4 is 61.1 Å². The summed E-state index contributed by atoms with van der Waals surface area (Å²) in [6.45, 7) is 4.27. The molecule has 0 aromatic heterocycles. The fourth-order valence-electron chi connectivity index (χ4n) is 1.71. The van der Waals surface area contributed by atoms with Gasteiger partial charge in [-0.3, -0.25) is 0 Å². The molecular weight excluding hydrogens is 502 g/mol. The van der Waals surface area contributed by atoms with E-state index in [-0.39, 0.29) is 0 Å². The molecule has 88 valence electrons. The summed E-state index contributed by atoms with van der Waals surface area (Å²) in [5.41, 5.74) is 5.22. The lowest BCUT2D eigenvalue weighted by Gasteiger charge is -2.11. The first-order valence-corrected chi connectivity index (χ1v) is 8.16. The molecule has 0 nitrogen and oxygen atoms in total. The topological polar surface area (TPSA) is 0 Å². The molecule has 0 aliphatic heterocycles. The highest BCUT2D eigenvalue weighted by molar-refractivity contribution is 14.1. The number of rotatable bonds is 1. The van der Waals surface area contributed by atoms with Crippen molar-refractivity contribution in [3.8, 4) is 11.1 Å². The van der Waals surface area contributed by atoms with Crippen LogP contribution in [0.3, 0.4) is 0 Å². The van der Waals surface area contributed by atoms with Crippen molar-refractivity contribution in [1.29, 1.82) is 0 Å². The molecule has 0 saturated heterocycles. The van der Waals surface area contributed by atoms with E-state index in [1.165, 1.54) is 33.9 Å². The highest BCUT2D eigenvalue weighted by atomic mass is 127. The van der Waals surface area contributed by atoms with Crippen LogP contribution in [0.5, 0.6) is 0 Å². The van der Waals surface area contributed by atoms with E-state index in [1.807, 2.05) is 0 Å². The van der Waals surface area contributed by atoms with E-state index < -0.39 is 0 Å². The van der Waals surface area contributed by atoms with Crippen LogP contribution in [-0.4, -0.2) is 0 Å². The summed E-state index contributed by atoms with van der Waals surface area (Å²) in [7, 11) is 0. The zero-order valence-corrected chi connectivity index (χ0v) is 15.4. The van der Waals surface area contributed by atoms with Crippen LogP contribution >= 0.6 is 61.1 Å². The van der Waals surface area contributed by atoms with E-state index in [1.54, 1.807) is 0 Å². The fourth-order valence-corrected chi connectivity index (χ4v) is 3.86. The predicted octanol–water partition coefficient (Wildman–Crippen LogP) is 5.94. The minimum absolute atomic E-state index is 1.17. The molecule has 2 aromatic rings. The zero-order chi connectivity index (χ0) is 12.6. The molecule has 0 N–H and O–H groups in total. The maximum atomic E-state index is 3.58. The largest absolute Gasteiger partial charge is 0.0582 e. The third-order valence-electron chi connectivity index (χ3n) is 2.66. The molecule has 0 spiro atoms. The molecular formula is C14H11BrI2. The Labute approximate surface area is 138 Å². The van der Waals surface area contributed by atoms with E-state index >= 15 is 0 Å². The normalized spacial score (nSPS) is 10.6. The lowest BCUT2D eigenvalue weighted by molar-refractivity contribution is 1.39. The van der Waals surface area contributed by atoms with Crippen molar-refractivity contribution in [3.05, 3.63) is 53.1 Å². The van der Waals surface area contributed by atoms with Gasteiger partial charge in [0.25, 0.3) is 0 Å². The molecule has 0 atom stereocenters. The summed E-state index contributed by atoms with van der Waals surface area (Å²) in [4.78, 5) is 0. The minimum Gasteiger partial charge on any atom is -0.0582 e. The second-order valence-electron chi connectivity index (χ2n) is 4.06. The number of halogens is 3. The molecule has 17 heavy (non-hydrogen) atoms. The average molecular weight is 513 g/mol. The first-order valence-electron chi connectivity index (χ1n) is 5.21. The number of hydrogen-bond acceptors (Lipinski definition) is 0. The van der Waals surface area contributed by atoms with Crippen molar-refractivity contribution < 1.29 is 0 Å². The van der Waals surface area contributed by atoms with Crippen LogP contribution in [0.25, 0.3) is 11.1 Å². The third kappa shape index (κ3) is 3.04. The van der Waals surface area contributed by atoms with Crippen LogP contribution in [-0.2, 0) is 0 Å². The molecule has 0 fully saturated rings. The van der Waals surface area contributed by atoms with Crippen molar-refractivity contribution in [2.75, 3.05) is 0 Å². The van der Waals surface area contributed by atoms with Crippen molar-refractivity contribution in [3.63, 3.8) is 0 Å². The van der Waals surface area contributed by atoms with Gasteiger partial charge in [-0.15, -0.1) is 0 Å². The molecule has 0 aliphatic carbocycles. The van der Waals surface area contributed by atoms with Gasteiger partial charge in [-0.05, 0) is 93.9 Å². The third-order valence-corrected chi connectivity index (χ3v) is 5.35. The lowest BCUT2D eigenvalue weighted by Crippen LogP contribution is -1.90. The quantitative estimate of drug-likeness (QED) is 0.415. The van der Waals surface area contributed by atoms with Gasteiger partial charge in [0, 0.05) is 11.6 Å². The van der Waals surface area contributed by atoms with Gasteiger partial charge >= 0.3 is 0 Å². The smallest absolute Gasteiger partial charge is 0.0220 e.